The second-order valence-corrected chi connectivity index (χ2v) is 3.98. The van der Waals surface area contributed by atoms with Crippen LogP contribution in [0.15, 0.2) is 42.6 Å². The Bertz CT molecular complexity index is 789. The minimum Gasteiger partial charge on any atom is -0.278 e. The smallest absolute Gasteiger partial charge is 0.141 e. The van der Waals surface area contributed by atoms with Crippen molar-refractivity contribution in [3.8, 4) is 11.8 Å². The summed E-state index contributed by atoms with van der Waals surface area (Å²) < 4.78 is 26.9. The number of aromatic nitrogens is 2. The molecule has 1 aromatic heterocycles. The summed E-state index contributed by atoms with van der Waals surface area (Å²) in [4.78, 5) is 0. The van der Waals surface area contributed by atoms with Crippen LogP contribution in [0, 0.1) is 23.5 Å². The highest BCUT2D eigenvalue weighted by Gasteiger charge is 2.05. The molecule has 0 unspecified atom stereocenters. The first-order chi connectivity index (χ1) is 9.25. The van der Waals surface area contributed by atoms with Gasteiger partial charge in [-0.2, -0.15) is 5.10 Å². The van der Waals surface area contributed by atoms with E-state index in [1.54, 1.807) is 12.3 Å². The van der Waals surface area contributed by atoms with Crippen LogP contribution >= 0.6 is 0 Å². The van der Waals surface area contributed by atoms with Gasteiger partial charge in [0.15, 0.2) is 0 Å². The maximum absolute atomic E-state index is 13.4. The molecule has 0 amide bonds. The highest BCUT2D eigenvalue weighted by molar-refractivity contribution is 5.84. The Balaban J connectivity index is 2.12. The Kier molecular flexibility index (Phi) is 2.73. The van der Waals surface area contributed by atoms with Crippen LogP contribution in [0.1, 0.15) is 11.1 Å². The highest BCUT2D eigenvalue weighted by Crippen LogP contribution is 2.16. The maximum atomic E-state index is 13.4. The summed E-state index contributed by atoms with van der Waals surface area (Å²) in [6, 6.07) is 9.13. The van der Waals surface area contributed by atoms with Crippen molar-refractivity contribution >= 4 is 10.9 Å². The fourth-order valence-electron chi connectivity index (χ4n) is 1.82. The van der Waals surface area contributed by atoms with Gasteiger partial charge in [-0.05, 0) is 24.3 Å². The van der Waals surface area contributed by atoms with Crippen LogP contribution in [0.2, 0.25) is 0 Å². The van der Waals surface area contributed by atoms with Gasteiger partial charge in [-0.15, -0.1) is 0 Å². The van der Waals surface area contributed by atoms with Gasteiger partial charge >= 0.3 is 0 Å². The molecule has 0 aliphatic rings. The molecule has 1 heterocycles. The van der Waals surface area contributed by atoms with Crippen LogP contribution in [0.25, 0.3) is 10.9 Å². The second kappa shape index (κ2) is 4.54. The zero-order chi connectivity index (χ0) is 13.2. The average Bonchev–Trinajstić information content (AvgIpc) is 2.87. The molecule has 1 N–H and O–H groups in total. The van der Waals surface area contributed by atoms with Crippen molar-refractivity contribution in [1.29, 1.82) is 0 Å². The summed E-state index contributed by atoms with van der Waals surface area (Å²) in [5.74, 6) is 4.00. The van der Waals surface area contributed by atoms with Crippen molar-refractivity contribution in [2.75, 3.05) is 0 Å². The van der Waals surface area contributed by atoms with E-state index in [-0.39, 0.29) is 5.56 Å². The molecule has 4 heteroatoms. The second-order valence-electron chi connectivity index (χ2n) is 3.98. The molecule has 3 rings (SSSR count). The van der Waals surface area contributed by atoms with Gasteiger partial charge in [0.25, 0.3) is 0 Å². The highest BCUT2D eigenvalue weighted by atomic mass is 19.1. The number of aromatic amines is 1. The van der Waals surface area contributed by atoms with Gasteiger partial charge < -0.3 is 0 Å². The monoisotopic (exact) mass is 254 g/mol. The third kappa shape index (κ3) is 2.06. The third-order valence-electron chi connectivity index (χ3n) is 2.77. The minimum absolute atomic E-state index is 0.219. The first-order valence-corrected chi connectivity index (χ1v) is 5.64. The normalized spacial score (nSPS) is 10.2. The summed E-state index contributed by atoms with van der Waals surface area (Å²) in [5, 5.41) is 7.55. The van der Waals surface area contributed by atoms with Gasteiger partial charge in [-0.1, -0.05) is 24.0 Å². The molecule has 0 atom stereocenters. The molecule has 0 radical (unpaired) electrons. The van der Waals surface area contributed by atoms with Gasteiger partial charge in [-0.25, -0.2) is 8.78 Å². The number of halogens is 2. The van der Waals surface area contributed by atoms with E-state index in [4.69, 9.17) is 0 Å². The van der Waals surface area contributed by atoms with Crippen LogP contribution < -0.4 is 0 Å². The van der Waals surface area contributed by atoms with E-state index >= 15 is 0 Å². The maximum Gasteiger partial charge on any atom is 0.141 e. The molecule has 2 nitrogen and oxygen atoms in total. The van der Waals surface area contributed by atoms with E-state index in [1.165, 1.54) is 18.2 Å². The van der Waals surface area contributed by atoms with Crippen LogP contribution in [0.4, 0.5) is 8.78 Å². The Morgan fingerprint density at radius 2 is 1.68 bits per heavy atom. The number of hydrogen-bond donors (Lipinski definition) is 1. The zero-order valence-corrected chi connectivity index (χ0v) is 9.74. The van der Waals surface area contributed by atoms with Gasteiger partial charge in [0, 0.05) is 10.9 Å². The average molecular weight is 254 g/mol. The summed E-state index contributed by atoms with van der Waals surface area (Å²) in [6.45, 7) is 0. The zero-order valence-electron chi connectivity index (χ0n) is 9.74. The van der Waals surface area contributed by atoms with Gasteiger partial charge in [-0.3, -0.25) is 5.10 Å². The molecule has 0 saturated heterocycles. The summed E-state index contributed by atoms with van der Waals surface area (Å²) >= 11 is 0. The van der Waals surface area contributed by atoms with Crippen molar-refractivity contribution in [3.05, 3.63) is 65.4 Å². The predicted octanol–water partition coefficient (Wildman–Crippen LogP) is 3.24. The minimum atomic E-state index is -0.660. The van der Waals surface area contributed by atoms with Crippen LogP contribution in [-0.4, -0.2) is 10.2 Å². The summed E-state index contributed by atoms with van der Waals surface area (Å²) in [6.07, 6.45) is 1.64. The lowest BCUT2D eigenvalue weighted by Crippen LogP contribution is -1.88. The van der Waals surface area contributed by atoms with Crippen molar-refractivity contribution < 1.29 is 8.78 Å². The lowest BCUT2D eigenvalue weighted by molar-refractivity contribution is 0.577. The molecule has 0 bridgehead atoms. The molecular weight excluding hydrogens is 246 g/mol. The lowest BCUT2D eigenvalue weighted by atomic mass is 10.1. The standard InChI is InChI=1S/C15H8F2N2/c16-13-4-2-5-14(17)11(13)8-7-10-3-1-6-15-12(10)9-18-19-15/h1-6,9H,(H,18,19). The Morgan fingerprint density at radius 1 is 0.947 bits per heavy atom. The molecule has 0 fully saturated rings. The molecule has 0 aliphatic carbocycles. The molecule has 0 saturated carbocycles. The van der Waals surface area contributed by atoms with Crippen molar-refractivity contribution in [2.24, 2.45) is 0 Å². The molecule has 0 aliphatic heterocycles. The lowest BCUT2D eigenvalue weighted by Gasteiger charge is -1.96. The molecule has 0 spiro atoms. The van der Waals surface area contributed by atoms with E-state index in [0.717, 1.165) is 10.9 Å². The van der Waals surface area contributed by atoms with Crippen molar-refractivity contribution in [2.45, 2.75) is 0 Å². The Hall–Kier alpha value is -2.67. The summed E-state index contributed by atoms with van der Waals surface area (Å²) in [7, 11) is 0. The topological polar surface area (TPSA) is 28.7 Å². The number of fused-ring (bicyclic) bond motifs is 1. The van der Waals surface area contributed by atoms with E-state index in [0.29, 0.717) is 5.56 Å². The number of nitrogens with one attached hydrogen (secondary N) is 1. The number of nitrogens with zero attached hydrogens (tertiary/aromatic N) is 1. The van der Waals surface area contributed by atoms with Crippen LogP contribution in [0.3, 0.4) is 0 Å². The predicted molar refractivity (Wildman–Crippen MR) is 68.4 cm³/mol. The van der Waals surface area contributed by atoms with Crippen molar-refractivity contribution in [3.63, 3.8) is 0 Å². The van der Waals surface area contributed by atoms with E-state index in [9.17, 15) is 8.78 Å². The number of benzene rings is 2. The molecular formula is C15H8F2N2. The van der Waals surface area contributed by atoms with E-state index in [1.807, 2.05) is 12.1 Å². The molecule has 3 aromatic rings. The van der Waals surface area contributed by atoms with Crippen LogP contribution in [0.5, 0.6) is 0 Å². The molecule has 2 aromatic carbocycles. The number of H-pyrrole nitrogens is 1. The van der Waals surface area contributed by atoms with E-state index < -0.39 is 11.6 Å². The Morgan fingerprint density at radius 3 is 2.47 bits per heavy atom. The third-order valence-corrected chi connectivity index (χ3v) is 2.77. The van der Waals surface area contributed by atoms with Gasteiger partial charge in [0.05, 0.1) is 17.3 Å². The van der Waals surface area contributed by atoms with E-state index in [2.05, 4.69) is 22.0 Å². The fourth-order valence-corrected chi connectivity index (χ4v) is 1.82. The number of hydrogen-bond acceptors (Lipinski definition) is 1. The van der Waals surface area contributed by atoms with Gasteiger partial charge in [0.2, 0.25) is 0 Å². The van der Waals surface area contributed by atoms with Crippen molar-refractivity contribution in [1.82, 2.24) is 10.2 Å². The first-order valence-electron chi connectivity index (χ1n) is 5.64. The Labute approximate surface area is 108 Å². The van der Waals surface area contributed by atoms with Gasteiger partial charge in [0.1, 0.15) is 11.6 Å². The first kappa shape index (κ1) is 11.4. The fraction of sp³-hybridized carbons (Fsp3) is 0. The summed E-state index contributed by atoms with van der Waals surface area (Å²) in [5.41, 5.74) is 1.29. The number of rotatable bonds is 0. The molecule has 92 valence electrons. The SMILES string of the molecule is Fc1cccc(F)c1C#Cc1cccc2[nH]ncc12. The largest absolute Gasteiger partial charge is 0.278 e. The van der Waals surface area contributed by atoms with Crippen LogP contribution in [-0.2, 0) is 0 Å². The quantitative estimate of drug-likeness (QED) is 0.613. The molecule has 19 heavy (non-hydrogen) atoms.